The third-order valence-corrected chi connectivity index (χ3v) is 2.40. The summed E-state index contributed by atoms with van der Waals surface area (Å²) in [4.78, 5) is 10.3. The van der Waals surface area contributed by atoms with E-state index >= 15 is 0 Å². The van der Waals surface area contributed by atoms with Crippen LogP contribution in [0.1, 0.15) is 18.9 Å². The SMILES string of the molecule is CC[C@H](CO)Nc1ccc(C#N)cc1[N+](=O)[O-]. The van der Waals surface area contributed by atoms with Crippen molar-refractivity contribution in [3.05, 3.63) is 33.9 Å². The maximum atomic E-state index is 10.8. The number of nitrogens with one attached hydrogen (secondary N) is 1. The van der Waals surface area contributed by atoms with E-state index in [0.717, 1.165) is 0 Å². The number of hydrogen-bond acceptors (Lipinski definition) is 5. The van der Waals surface area contributed by atoms with Crippen LogP contribution in [-0.2, 0) is 0 Å². The predicted octanol–water partition coefficient (Wildman–Crippen LogP) is 1.65. The number of anilines is 1. The van der Waals surface area contributed by atoms with E-state index in [1.165, 1.54) is 18.2 Å². The molecule has 0 radical (unpaired) electrons. The van der Waals surface area contributed by atoms with Gasteiger partial charge in [-0.3, -0.25) is 10.1 Å². The van der Waals surface area contributed by atoms with E-state index in [9.17, 15) is 10.1 Å². The first-order chi connectivity index (χ1) is 8.12. The van der Waals surface area contributed by atoms with Crippen LogP contribution in [0.3, 0.4) is 0 Å². The molecule has 1 aromatic rings. The van der Waals surface area contributed by atoms with E-state index in [-0.39, 0.29) is 23.9 Å². The summed E-state index contributed by atoms with van der Waals surface area (Å²) in [6.07, 6.45) is 0.646. The Bertz CT molecular complexity index is 450. The van der Waals surface area contributed by atoms with Crippen molar-refractivity contribution in [1.82, 2.24) is 0 Å². The van der Waals surface area contributed by atoms with Crippen molar-refractivity contribution in [3.63, 3.8) is 0 Å². The van der Waals surface area contributed by atoms with E-state index in [2.05, 4.69) is 5.32 Å². The maximum Gasteiger partial charge on any atom is 0.293 e. The highest BCUT2D eigenvalue weighted by molar-refractivity contribution is 5.64. The van der Waals surface area contributed by atoms with Gasteiger partial charge in [0.25, 0.3) is 5.69 Å². The van der Waals surface area contributed by atoms with Crippen LogP contribution in [0.2, 0.25) is 0 Å². The molecule has 0 bridgehead atoms. The molecule has 17 heavy (non-hydrogen) atoms. The number of aliphatic hydroxyl groups is 1. The molecule has 0 spiro atoms. The van der Waals surface area contributed by atoms with Gasteiger partial charge in [-0.2, -0.15) is 5.26 Å². The number of nitro benzene ring substituents is 1. The monoisotopic (exact) mass is 235 g/mol. The second kappa shape index (κ2) is 5.82. The summed E-state index contributed by atoms with van der Waals surface area (Å²) in [5.74, 6) is 0. The zero-order valence-electron chi connectivity index (χ0n) is 9.38. The van der Waals surface area contributed by atoms with Crippen LogP contribution in [0.15, 0.2) is 18.2 Å². The normalized spacial score (nSPS) is 11.6. The molecule has 2 N–H and O–H groups in total. The molecule has 6 nitrogen and oxygen atoms in total. The van der Waals surface area contributed by atoms with E-state index in [0.29, 0.717) is 12.1 Å². The lowest BCUT2D eigenvalue weighted by molar-refractivity contribution is -0.384. The first-order valence-electron chi connectivity index (χ1n) is 5.18. The van der Waals surface area contributed by atoms with Crippen molar-refractivity contribution in [2.75, 3.05) is 11.9 Å². The van der Waals surface area contributed by atoms with Crippen LogP contribution in [0.5, 0.6) is 0 Å². The zero-order valence-corrected chi connectivity index (χ0v) is 9.38. The van der Waals surface area contributed by atoms with Crippen LogP contribution in [-0.4, -0.2) is 22.7 Å². The molecular weight excluding hydrogens is 222 g/mol. The third-order valence-electron chi connectivity index (χ3n) is 2.40. The van der Waals surface area contributed by atoms with Gasteiger partial charge in [0.05, 0.1) is 23.2 Å². The quantitative estimate of drug-likeness (QED) is 0.597. The number of aliphatic hydroxyl groups excluding tert-OH is 1. The van der Waals surface area contributed by atoms with Crippen molar-refractivity contribution in [1.29, 1.82) is 5.26 Å². The molecule has 90 valence electrons. The van der Waals surface area contributed by atoms with Gasteiger partial charge in [0, 0.05) is 12.1 Å². The Hall–Kier alpha value is -2.13. The average molecular weight is 235 g/mol. The molecule has 1 atom stereocenters. The lowest BCUT2D eigenvalue weighted by atomic mass is 10.1. The van der Waals surface area contributed by atoms with Crippen LogP contribution >= 0.6 is 0 Å². The fraction of sp³-hybridized carbons (Fsp3) is 0.364. The minimum atomic E-state index is -0.548. The van der Waals surface area contributed by atoms with Gasteiger partial charge in [0.15, 0.2) is 0 Å². The minimum Gasteiger partial charge on any atom is -0.394 e. The Morgan fingerprint density at radius 1 is 1.65 bits per heavy atom. The van der Waals surface area contributed by atoms with Crippen molar-refractivity contribution in [3.8, 4) is 6.07 Å². The summed E-state index contributed by atoms with van der Waals surface area (Å²) in [6, 6.07) is 5.81. The van der Waals surface area contributed by atoms with Gasteiger partial charge in [0.1, 0.15) is 5.69 Å². The largest absolute Gasteiger partial charge is 0.394 e. The molecular formula is C11H13N3O3. The van der Waals surface area contributed by atoms with Crippen LogP contribution in [0, 0.1) is 21.4 Å². The summed E-state index contributed by atoms with van der Waals surface area (Å²) in [6.45, 7) is 1.76. The first-order valence-corrected chi connectivity index (χ1v) is 5.18. The molecule has 0 aliphatic heterocycles. The molecule has 0 fully saturated rings. The van der Waals surface area contributed by atoms with Gasteiger partial charge in [-0.1, -0.05) is 6.92 Å². The maximum absolute atomic E-state index is 10.8. The van der Waals surface area contributed by atoms with Crippen molar-refractivity contribution < 1.29 is 10.0 Å². The number of nitrogens with zero attached hydrogens (tertiary/aromatic N) is 2. The Morgan fingerprint density at radius 3 is 2.82 bits per heavy atom. The van der Waals surface area contributed by atoms with Crippen molar-refractivity contribution in [2.45, 2.75) is 19.4 Å². The average Bonchev–Trinajstić information content (AvgIpc) is 2.35. The highest BCUT2D eigenvalue weighted by Gasteiger charge is 2.16. The zero-order chi connectivity index (χ0) is 12.8. The highest BCUT2D eigenvalue weighted by Crippen LogP contribution is 2.26. The lowest BCUT2D eigenvalue weighted by Gasteiger charge is -2.15. The summed E-state index contributed by atoms with van der Waals surface area (Å²) in [5, 5.41) is 31.4. The molecule has 6 heteroatoms. The second-order valence-electron chi connectivity index (χ2n) is 3.53. The Balaban J connectivity index is 3.07. The molecule has 0 aliphatic carbocycles. The molecule has 0 unspecified atom stereocenters. The van der Waals surface area contributed by atoms with Crippen molar-refractivity contribution in [2.24, 2.45) is 0 Å². The number of nitriles is 1. The van der Waals surface area contributed by atoms with Crippen molar-refractivity contribution >= 4 is 11.4 Å². The molecule has 0 saturated heterocycles. The van der Waals surface area contributed by atoms with Gasteiger partial charge in [0.2, 0.25) is 0 Å². The van der Waals surface area contributed by atoms with Gasteiger partial charge >= 0.3 is 0 Å². The molecule has 1 rings (SSSR count). The molecule has 0 heterocycles. The molecule has 0 aromatic heterocycles. The van der Waals surface area contributed by atoms with Gasteiger partial charge in [-0.15, -0.1) is 0 Å². The van der Waals surface area contributed by atoms with Crippen LogP contribution < -0.4 is 5.32 Å². The minimum absolute atomic E-state index is 0.104. The highest BCUT2D eigenvalue weighted by atomic mass is 16.6. The fourth-order valence-electron chi connectivity index (χ4n) is 1.37. The topological polar surface area (TPSA) is 99.2 Å². The standard InChI is InChI=1S/C11H13N3O3/c1-2-9(7-15)13-10-4-3-8(6-12)5-11(10)14(16)17/h3-5,9,13,15H,2,7H2,1H3/t9-/m1/s1. The van der Waals surface area contributed by atoms with E-state index in [1.54, 1.807) is 0 Å². The number of hydrogen-bond donors (Lipinski definition) is 2. The summed E-state index contributed by atoms with van der Waals surface area (Å²) >= 11 is 0. The second-order valence-corrected chi connectivity index (χ2v) is 3.53. The van der Waals surface area contributed by atoms with Crippen LogP contribution in [0.25, 0.3) is 0 Å². The van der Waals surface area contributed by atoms with E-state index < -0.39 is 4.92 Å². The Kier molecular flexibility index (Phi) is 4.43. The fourth-order valence-corrected chi connectivity index (χ4v) is 1.37. The smallest absolute Gasteiger partial charge is 0.293 e. The van der Waals surface area contributed by atoms with Gasteiger partial charge in [-0.05, 0) is 18.6 Å². The molecule has 1 aromatic carbocycles. The van der Waals surface area contributed by atoms with Gasteiger partial charge < -0.3 is 10.4 Å². The predicted molar refractivity (Wildman–Crippen MR) is 62.6 cm³/mol. The molecule has 0 aliphatic rings. The number of nitro groups is 1. The third kappa shape index (κ3) is 3.16. The number of rotatable bonds is 5. The Morgan fingerprint density at radius 2 is 2.35 bits per heavy atom. The summed E-state index contributed by atoms with van der Waals surface area (Å²) in [5.41, 5.74) is 0.394. The lowest BCUT2D eigenvalue weighted by Crippen LogP contribution is -2.23. The van der Waals surface area contributed by atoms with Crippen LogP contribution in [0.4, 0.5) is 11.4 Å². The van der Waals surface area contributed by atoms with E-state index in [1.807, 2.05) is 13.0 Å². The first kappa shape index (κ1) is 12.9. The van der Waals surface area contributed by atoms with E-state index in [4.69, 9.17) is 10.4 Å². The molecule has 0 saturated carbocycles. The summed E-state index contributed by atoms with van der Waals surface area (Å²) < 4.78 is 0. The number of benzene rings is 1. The summed E-state index contributed by atoms with van der Waals surface area (Å²) in [7, 11) is 0. The molecule has 0 amide bonds. The Labute approximate surface area is 98.6 Å². The van der Waals surface area contributed by atoms with Gasteiger partial charge in [-0.25, -0.2) is 0 Å².